The van der Waals surface area contributed by atoms with E-state index in [0.29, 0.717) is 11.3 Å². The fourth-order valence-corrected chi connectivity index (χ4v) is 2.13. The fourth-order valence-electron chi connectivity index (χ4n) is 1.96. The Balaban J connectivity index is 1.86. The zero-order valence-electron chi connectivity index (χ0n) is 13.6. The Bertz CT molecular complexity index is 772. The maximum atomic E-state index is 12.1. The quantitative estimate of drug-likeness (QED) is 0.584. The van der Waals surface area contributed by atoms with Crippen LogP contribution < -0.4 is 10.1 Å². The number of benzene rings is 1. The predicted molar refractivity (Wildman–Crippen MR) is 90.2 cm³/mol. The SMILES string of the molecule is CC(OC(=O)Cc1ccc(OC(F)F)cc1)C(=O)Nc1cccnc1Cl. The maximum absolute atomic E-state index is 12.1. The van der Waals surface area contributed by atoms with Gasteiger partial charge in [0, 0.05) is 6.20 Å². The minimum Gasteiger partial charge on any atom is -0.452 e. The molecule has 1 aromatic carbocycles. The average Bonchev–Trinajstić information content (AvgIpc) is 2.58. The first-order valence-corrected chi connectivity index (χ1v) is 7.87. The summed E-state index contributed by atoms with van der Waals surface area (Å²) in [6.07, 6.45) is 0.291. The molecular formula is C17H15ClF2N2O4. The van der Waals surface area contributed by atoms with Gasteiger partial charge in [-0.2, -0.15) is 8.78 Å². The van der Waals surface area contributed by atoms with Crippen LogP contribution in [0.5, 0.6) is 5.75 Å². The third-order valence-corrected chi connectivity index (χ3v) is 3.49. The van der Waals surface area contributed by atoms with Gasteiger partial charge in [0.2, 0.25) is 0 Å². The number of anilines is 1. The van der Waals surface area contributed by atoms with E-state index in [-0.39, 0.29) is 17.3 Å². The largest absolute Gasteiger partial charge is 0.452 e. The zero-order valence-corrected chi connectivity index (χ0v) is 14.4. The Labute approximate surface area is 153 Å². The lowest BCUT2D eigenvalue weighted by atomic mass is 10.1. The first kappa shape index (κ1) is 19.6. The normalized spacial score (nSPS) is 11.7. The van der Waals surface area contributed by atoms with E-state index in [9.17, 15) is 18.4 Å². The Morgan fingerprint density at radius 2 is 1.92 bits per heavy atom. The number of halogens is 3. The lowest BCUT2D eigenvalue weighted by Crippen LogP contribution is -2.30. The van der Waals surface area contributed by atoms with Gasteiger partial charge in [0.25, 0.3) is 5.91 Å². The van der Waals surface area contributed by atoms with Crippen molar-refractivity contribution in [1.82, 2.24) is 4.98 Å². The minimum absolute atomic E-state index is 0.0155. The number of alkyl halides is 2. The number of pyridine rings is 1. The fraction of sp³-hybridized carbons (Fsp3) is 0.235. The molecule has 26 heavy (non-hydrogen) atoms. The molecule has 0 fully saturated rings. The van der Waals surface area contributed by atoms with E-state index < -0.39 is 24.6 Å². The lowest BCUT2D eigenvalue weighted by molar-refractivity contribution is -0.152. The van der Waals surface area contributed by atoms with Gasteiger partial charge >= 0.3 is 12.6 Å². The molecule has 1 unspecified atom stereocenters. The molecule has 2 aromatic rings. The molecular weight excluding hydrogens is 370 g/mol. The van der Waals surface area contributed by atoms with Crippen molar-refractivity contribution in [3.05, 3.63) is 53.3 Å². The van der Waals surface area contributed by atoms with E-state index >= 15 is 0 Å². The minimum atomic E-state index is -2.92. The zero-order chi connectivity index (χ0) is 19.1. The van der Waals surface area contributed by atoms with Crippen LogP contribution in [0.15, 0.2) is 42.6 Å². The highest BCUT2D eigenvalue weighted by molar-refractivity contribution is 6.32. The monoisotopic (exact) mass is 384 g/mol. The van der Waals surface area contributed by atoms with Gasteiger partial charge in [-0.25, -0.2) is 4.98 Å². The van der Waals surface area contributed by atoms with Crippen LogP contribution in [-0.4, -0.2) is 29.6 Å². The standard InChI is InChI=1S/C17H15ClF2N2O4/c1-10(16(24)22-13-3-2-8-21-15(13)18)25-14(23)9-11-4-6-12(7-5-11)26-17(19)20/h2-8,10,17H,9H2,1H3,(H,22,24). The molecule has 9 heteroatoms. The molecule has 0 aliphatic heterocycles. The summed E-state index contributed by atoms with van der Waals surface area (Å²) in [7, 11) is 0. The number of rotatable bonds is 7. The highest BCUT2D eigenvalue weighted by atomic mass is 35.5. The molecule has 138 valence electrons. The average molecular weight is 385 g/mol. The van der Waals surface area contributed by atoms with Gasteiger partial charge in [0.15, 0.2) is 11.3 Å². The molecule has 2 rings (SSSR count). The number of carbonyl (C=O) groups excluding carboxylic acids is 2. The van der Waals surface area contributed by atoms with Gasteiger partial charge < -0.3 is 14.8 Å². The topological polar surface area (TPSA) is 77.5 Å². The number of hydrogen-bond acceptors (Lipinski definition) is 5. The van der Waals surface area contributed by atoms with Gasteiger partial charge in [0.1, 0.15) is 5.75 Å². The van der Waals surface area contributed by atoms with E-state index in [1.165, 1.54) is 37.4 Å². The number of carbonyl (C=O) groups is 2. The second-order valence-corrected chi connectivity index (χ2v) is 5.52. The van der Waals surface area contributed by atoms with E-state index in [1.807, 2.05) is 0 Å². The van der Waals surface area contributed by atoms with Crippen molar-refractivity contribution < 1.29 is 27.8 Å². The van der Waals surface area contributed by atoms with E-state index in [0.717, 1.165) is 0 Å². The third-order valence-electron chi connectivity index (χ3n) is 3.19. The van der Waals surface area contributed by atoms with Crippen LogP contribution >= 0.6 is 11.6 Å². The van der Waals surface area contributed by atoms with E-state index in [1.54, 1.807) is 12.1 Å². The summed E-state index contributed by atoms with van der Waals surface area (Å²) in [5.41, 5.74) is 0.830. The number of ether oxygens (including phenoxy) is 2. The van der Waals surface area contributed by atoms with Crippen molar-refractivity contribution in [2.75, 3.05) is 5.32 Å². The van der Waals surface area contributed by atoms with E-state index in [2.05, 4.69) is 15.0 Å². The Morgan fingerprint density at radius 1 is 1.23 bits per heavy atom. The van der Waals surface area contributed by atoms with E-state index in [4.69, 9.17) is 16.3 Å². The molecule has 1 atom stereocenters. The maximum Gasteiger partial charge on any atom is 0.387 e. The van der Waals surface area contributed by atoms with Gasteiger partial charge in [-0.15, -0.1) is 0 Å². The van der Waals surface area contributed by atoms with Crippen LogP contribution in [0.3, 0.4) is 0 Å². The van der Waals surface area contributed by atoms with Crippen LogP contribution in [-0.2, 0) is 20.7 Å². The number of nitrogens with one attached hydrogen (secondary N) is 1. The first-order valence-electron chi connectivity index (χ1n) is 7.49. The summed E-state index contributed by atoms with van der Waals surface area (Å²) in [6.45, 7) is -1.50. The molecule has 0 bridgehead atoms. The predicted octanol–water partition coefficient (Wildman–Crippen LogP) is 3.45. The van der Waals surface area contributed by atoms with Crippen molar-refractivity contribution in [2.45, 2.75) is 26.1 Å². The van der Waals surface area contributed by atoms with Crippen LogP contribution in [0.2, 0.25) is 5.15 Å². The summed E-state index contributed by atoms with van der Waals surface area (Å²) in [6, 6.07) is 8.70. The van der Waals surface area contributed by atoms with Crippen LogP contribution in [0, 0.1) is 0 Å². The molecule has 0 spiro atoms. The third kappa shape index (κ3) is 5.96. The molecule has 0 aliphatic carbocycles. The molecule has 1 N–H and O–H groups in total. The van der Waals surface area contributed by atoms with Gasteiger partial charge in [-0.05, 0) is 36.8 Å². The molecule has 1 heterocycles. The summed E-state index contributed by atoms with van der Waals surface area (Å²) in [4.78, 5) is 27.8. The Hall–Kier alpha value is -2.74. The number of aromatic nitrogens is 1. The second kappa shape index (κ2) is 9.10. The molecule has 0 radical (unpaired) electrons. The summed E-state index contributed by atoms with van der Waals surface area (Å²) < 4.78 is 33.4. The number of hydrogen-bond donors (Lipinski definition) is 1. The Kier molecular flexibility index (Phi) is 6.85. The van der Waals surface area contributed by atoms with Crippen molar-refractivity contribution in [2.24, 2.45) is 0 Å². The highest BCUT2D eigenvalue weighted by Crippen LogP contribution is 2.18. The van der Waals surface area contributed by atoms with Crippen LogP contribution in [0.4, 0.5) is 14.5 Å². The number of esters is 1. The van der Waals surface area contributed by atoms with Crippen LogP contribution in [0.1, 0.15) is 12.5 Å². The summed E-state index contributed by atoms with van der Waals surface area (Å²) in [5.74, 6) is -1.22. The van der Waals surface area contributed by atoms with Crippen LogP contribution in [0.25, 0.3) is 0 Å². The molecule has 6 nitrogen and oxygen atoms in total. The second-order valence-electron chi connectivity index (χ2n) is 5.16. The van der Waals surface area contributed by atoms with Gasteiger partial charge in [-0.3, -0.25) is 9.59 Å². The summed E-state index contributed by atoms with van der Waals surface area (Å²) >= 11 is 5.84. The van der Waals surface area contributed by atoms with Crippen molar-refractivity contribution >= 4 is 29.2 Å². The molecule has 1 amide bonds. The number of amides is 1. The summed E-state index contributed by atoms with van der Waals surface area (Å²) in [5, 5.41) is 2.62. The molecule has 0 saturated carbocycles. The highest BCUT2D eigenvalue weighted by Gasteiger charge is 2.19. The van der Waals surface area contributed by atoms with Crippen molar-refractivity contribution in [3.8, 4) is 5.75 Å². The molecule has 0 saturated heterocycles. The number of nitrogens with zero attached hydrogens (tertiary/aromatic N) is 1. The van der Waals surface area contributed by atoms with Crippen molar-refractivity contribution in [1.29, 1.82) is 0 Å². The van der Waals surface area contributed by atoms with Gasteiger partial charge in [0.05, 0.1) is 12.1 Å². The lowest BCUT2D eigenvalue weighted by Gasteiger charge is -2.14. The molecule has 1 aromatic heterocycles. The Morgan fingerprint density at radius 3 is 2.54 bits per heavy atom. The van der Waals surface area contributed by atoms with Gasteiger partial charge in [-0.1, -0.05) is 23.7 Å². The smallest absolute Gasteiger partial charge is 0.387 e. The van der Waals surface area contributed by atoms with Crippen molar-refractivity contribution in [3.63, 3.8) is 0 Å². The first-order chi connectivity index (χ1) is 12.3. The molecule has 0 aliphatic rings.